The third kappa shape index (κ3) is 5.08. The maximum absolute atomic E-state index is 5.91. The molecule has 4 heteroatoms. The van der Waals surface area contributed by atoms with Crippen LogP contribution in [-0.2, 0) is 6.54 Å². The van der Waals surface area contributed by atoms with Crippen molar-refractivity contribution in [2.24, 2.45) is 5.92 Å². The van der Waals surface area contributed by atoms with Crippen molar-refractivity contribution in [3.05, 3.63) is 18.1 Å². The van der Waals surface area contributed by atoms with Crippen molar-refractivity contribution in [1.29, 1.82) is 0 Å². The Morgan fingerprint density at radius 2 is 1.85 bits per heavy atom. The van der Waals surface area contributed by atoms with Gasteiger partial charge in [0.05, 0.1) is 18.1 Å². The predicted molar refractivity (Wildman–Crippen MR) is 80.7 cm³/mol. The summed E-state index contributed by atoms with van der Waals surface area (Å²) in [6, 6.07) is 0. The van der Waals surface area contributed by atoms with Gasteiger partial charge in [-0.2, -0.15) is 0 Å². The minimum atomic E-state index is 0.0929. The Morgan fingerprint density at radius 3 is 2.40 bits per heavy atom. The predicted octanol–water partition coefficient (Wildman–Crippen LogP) is 3.32. The van der Waals surface area contributed by atoms with Crippen molar-refractivity contribution in [1.82, 2.24) is 15.3 Å². The van der Waals surface area contributed by atoms with Gasteiger partial charge in [-0.25, -0.2) is 4.98 Å². The molecule has 1 aliphatic rings. The van der Waals surface area contributed by atoms with E-state index < -0.39 is 0 Å². The van der Waals surface area contributed by atoms with Gasteiger partial charge in [0.15, 0.2) is 0 Å². The summed E-state index contributed by atoms with van der Waals surface area (Å²) in [5, 5.41) is 3.40. The van der Waals surface area contributed by atoms with Gasteiger partial charge in [0.1, 0.15) is 6.10 Å². The van der Waals surface area contributed by atoms with Crippen molar-refractivity contribution in [3.8, 4) is 5.88 Å². The molecule has 0 bridgehead atoms. The van der Waals surface area contributed by atoms with E-state index in [-0.39, 0.29) is 5.54 Å². The van der Waals surface area contributed by atoms with Crippen LogP contribution in [0.1, 0.15) is 59.1 Å². The Hall–Kier alpha value is -1.16. The fraction of sp³-hybridized carbons (Fsp3) is 0.750. The second kappa shape index (κ2) is 6.53. The summed E-state index contributed by atoms with van der Waals surface area (Å²) >= 11 is 0. The molecular formula is C16H27N3O. The Kier molecular flexibility index (Phi) is 4.97. The molecule has 1 heterocycles. The summed E-state index contributed by atoms with van der Waals surface area (Å²) in [7, 11) is 0. The molecule has 0 radical (unpaired) electrons. The molecular weight excluding hydrogens is 250 g/mol. The van der Waals surface area contributed by atoms with Crippen molar-refractivity contribution < 1.29 is 4.74 Å². The van der Waals surface area contributed by atoms with Gasteiger partial charge in [-0.3, -0.25) is 4.98 Å². The van der Waals surface area contributed by atoms with Crippen LogP contribution in [0.25, 0.3) is 0 Å². The number of nitrogens with zero attached hydrogens (tertiary/aromatic N) is 2. The van der Waals surface area contributed by atoms with Gasteiger partial charge in [0.25, 0.3) is 0 Å². The van der Waals surface area contributed by atoms with Gasteiger partial charge in [0, 0.05) is 12.1 Å². The minimum absolute atomic E-state index is 0.0929. The fourth-order valence-corrected chi connectivity index (χ4v) is 2.37. The molecule has 2 rings (SSSR count). The second-order valence-electron chi connectivity index (χ2n) is 6.95. The average Bonchev–Trinajstić information content (AvgIpc) is 2.40. The van der Waals surface area contributed by atoms with Gasteiger partial charge in [-0.05, 0) is 52.4 Å². The molecule has 112 valence electrons. The number of hydrogen-bond donors (Lipinski definition) is 1. The highest BCUT2D eigenvalue weighted by atomic mass is 16.5. The first-order valence-electron chi connectivity index (χ1n) is 7.65. The quantitative estimate of drug-likeness (QED) is 0.917. The topological polar surface area (TPSA) is 47.0 Å². The zero-order valence-corrected chi connectivity index (χ0v) is 13.1. The fourth-order valence-electron chi connectivity index (χ4n) is 2.37. The monoisotopic (exact) mass is 277 g/mol. The highest BCUT2D eigenvalue weighted by Gasteiger charge is 2.20. The molecule has 0 spiro atoms. The smallest absolute Gasteiger partial charge is 0.232 e. The number of nitrogens with one attached hydrogen (secondary N) is 1. The van der Waals surface area contributed by atoms with Crippen LogP contribution >= 0.6 is 0 Å². The lowest BCUT2D eigenvalue weighted by Crippen LogP contribution is -2.35. The summed E-state index contributed by atoms with van der Waals surface area (Å²) in [5.74, 6) is 1.50. The number of rotatable bonds is 4. The third-order valence-electron chi connectivity index (χ3n) is 3.73. The molecule has 0 atom stereocenters. The highest BCUT2D eigenvalue weighted by Crippen LogP contribution is 2.26. The average molecular weight is 277 g/mol. The SMILES string of the molecule is CC1CCC(Oc2cnc(CNC(C)(C)C)cn2)CC1. The van der Waals surface area contributed by atoms with Crippen molar-refractivity contribution in [3.63, 3.8) is 0 Å². The number of aromatic nitrogens is 2. The Balaban J connectivity index is 1.82. The molecule has 1 saturated carbocycles. The summed E-state index contributed by atoms with van der Waals surface area (Å²) in [4.78, 5) is 8.78. The Morgan fingerprint density at radius 1 is 1.15 bits per heavy atom. The molecule has 1 fully saturated rings. The van der Waals surface area contributed by atoms with Crippen LogP contribution < -0.4 is 10.1 Å². The van der Waals surface area contributed by atoms with Crippen LogP contribution in [0.5, 0.6) is 5.88 Å². The highest BCUT2D eigenvalue weighted by molar-refractivity contribution is 5.08. The molecule has 1 aliphatic carbocycles. The van der Waals surface area contributed by atoms with E-state index in [9.17, 15) is 0 Å². The van der Waals surface area contributed by atoms with Crippen LogP contribution in [0.4, 0.5) is 0 Å². The van der Waals surface area contributed by atoms with Crippen LogP contribution in [0.3, 0.4) is 0 Å². The second-order valence-corrected chi connectivity index (χ2v) is 6.95. The van der Waals surface area contributed by atoms with Gasteiger partial charge >= 0.3 is 0 Å². The van der Waals surface area contributed by atoms with Gasteiger partial charge in [-0.1, -0.05) is 6.92 Å². The molecule has 1 aromatic heterocycles. The molecule has 0 aliphatic heterocycles. The first-order valence-corrected chi connectivity index (χ1v) is 7.65. The maximum atomic E-state index is 5.91. The van der Waals surface area contributed by atoms with Gasteiger partial charge in [-0.15, -0.1) is 0 Å². The first kappa shape index (κ1) is 15.2. The largest absolute Gasteiger partial charge is 0.473 e. The molecule has 0 unspecified atom stereocenters. The lowest BCUT2D eigenvalue weighted by atomic mass is 9.89. The van der Waals surface area contributed by atoms with E-state index in [4.69, 9.17) is 4.74 Å². The molecule has 4 nitrogen and oxygen atoms in total. The zero-order chi connectivity index (χ0) is 14.6. The lowest BCUT2D eigenvalue weighted by molar-refractivity contribution is 0.129. The lowest BCUT2D eigenvalue weighted by Gasteiger charge is -2.26. The standard InChI is InChI=1S/C16H27N3O/c1-12-5-7-14(8-6-12)20-15-11-17-13(9-18-15)10-19-16(2,3)4/h9,11-12,14,19H,5-8,10H2,1-4H3. The van der Waals surface area contributed by atoms with Gasteiger partial charge < -0.3 is 10.1 Å². The van der Waals surface area contributed by atoms with E-state index in [1.165, 1.54) is 12.8 Å². The molecule has 0 aromatic carbocycles. The van der Waals surface area contributed by atoms with E-state index in [0.29, 0.717) is 12.0 Å². The van der Waals surface area contributed by atoms with Crippen LogP contribution in [-0.4, -0.2) is 21.6 Å². The summed E-state index contributed by atoms with van der Waals surface area (Å²) in [5.41, 5.74) is 1.04. The van der Waals surface area contributed by atoms with Crippen molar-refractivity contribution in [2.75, 3.05) is 0 Å². The number of hydrogen-bond acceptors (Lipinski definition) is 4. The molecule has 0 saturated heterocycles. The Labute approximate surface area is 122 Å². The van der Waals surface area contributed by atoms with Crippen LogP contribution in [0, 0.1) is 5.92 Å². The summed E-state index contributed by atoms with van der Waals surface area (Å²) < 4.78 is 5.91. The summed E-state index contributed by atoms with van der Waals surface area (Å²) in [6.45, 7) is 9.47. The van der Waals surface area contributed by atoms with Crippen LogP contribution in [0.2, 0.25) is 0 Å². The van der Waals surface area contributed by atoms with E-state index in [0.717, 1.165) is 31.0 Å². The minimum Gasteiger partial charge on any atom is -0.473 e. The van der Waals surface area contributed by atoms with E-state index >= 15 is 0 Å². The van der Waals surface area contributed by atoms with Crippen molar-refractivity contribution >= 4 is 0 Å². The van der Waals surface area contributed by atoms with E-state index in [1.54, 1.807) is 12.4 Å². The van der Waals surface area contributed by atoms with E-state index in [2.05, 4.69) is 43.0 Å². The maximum Gasteiger partial charge on any atom is 0.232 e. The van der Waals surface area contributed by atoms with Gasteiger partial charge in [0.2, 0.25) is 5.88 Å². The molecule has 1 aromatic rings. The van der Waals surface area contributed by atoms with Crippen molar-refractivity contribution in [2.45, 2.75) is 71.6 Å². The number of ether oxygens (including phenoxy) is 1. The zero-order valence-electron chi connectivity index (χ0n) is 13.1. The first-order chi connectivity index (χ1) is 9.42. The molecule has 20 heavy (non-hydrogen) atoms. The molecule has 0 amide bonds. The molecule has 1 N–H and O–H groups in total. The van der Waals surface area contributed by atoms with Crippen LogP contribution in [0.15, 0.2) is 12.4 Å². The third-order valence-corrected chi connectivity index (χ3v) is 3.73. The Bertz CT molecular complexity index is 403. The normalized spacial score (nSPS) is 23.6. The summed E-state index contributed by atoms with van der Waals surface area (Å²) in [6.07, 6.45) is 8.65. The van der Waals surface area contributed by atoms with E-state index in [1.807, 2.05) is 0 Å².